The third kappa shape index (κ3) is 2.08. The van der Waals surface area contributed by atoms with Crippen LogP contribution in [0.2, 0.25) is 0 Å². The van der Waals surface area contributed by atoms with Gasteiger partial charge in [0.2, 0.25) is 5.75 Å². The van der Waals surface area contributed by atoms with Gasteiger partial charge in [-0.2, -0.15) is 0 Å². The zero-order chi connectivity index (χ0) is 13.1. The molecule has 0 fully saturated rings. The van der Waals surface area contributed by atoms with Crippen molar-refractivity contribution in [1.29, 1.82) is 0 Å². The second kappa shape index (κ2) is 5.16. The summed E-state index contributed by atoms with van der Waals surface area (Å²) < 4.78 is 20.8. The van der Waals surface area contributed by atoms with E-state index in [4.69, 9.17) is 18.9 Å². The maximum absolute atomic E-state index is 11.5. The van der Waals surface area contributed by atoms with Crippen LogP contribution in [-0.4, -0.2) is 33.9 Å². The van der Waals surface area contributed by atoms with Crippen molar-refractivity contribution >= 4 is 5.97 Å². The molecule has 1 unspecified atom stereocenters. The number of carbonyl (C=O) groups is 1. The Morgan fingerprint density at radius 1 is 1.28 bits per heavy atom. The minimum atomic E-state index is -0.263. The minimum absolute atomic E-state index is 0.254. The van der Waals surface area contributed by atoms with Crippen molar-refractivity contribution in [3.05, 3.63) is 17.7 Å². The second-order valence-corrected chi connectivity index (χ2v) is 4.02. The molecule has 1 aromatic carbocycles. The Morgan fingerprint density at radius 3 is 2.67 bits per heavy atom. The molecular formula is C13H16O5. The lowest BCUT2D eigenvalue weighted by atomic mass is 9.96. The Kier molecular flexibility index (Phi) is 3.60. The molecule has 0 aliphatic carbocycles. The summed E-state index contributed by atoms with van der Waals surface area (Å²) in [7, 11) is 4.52. The number of hydrogen-bond acceptors (Lipinski definition) is 5. The molecule has 1 heterocycles. The fraction of sp³-hybridized carbons (Fsp3) is 0.462. The second-order valence-electron chi connectivity index (χ2n) is 4.02. The van der Waals surface area contributed by atoms with E-state index in [-0.39, 0.29) is 11.9 Å². The van der Waals surface area contributed by atoms with Crippen LogP contribution >= 0.6 is 0 Å². The van der Waals surface area contributed by atoms with Crippen LogP contribution in [0.1, 0.15) is 5.56 Å². The summed E-state index contributed by atoms with van der Waals surface area (Å²) in [4.78, 5) is 11.5. The molecule has 0 bridgehead atoms. The van der Waals surface area contributed by atoms with Crippen LogP contribution in [0.4, 0.5) is 0 Å². The highest BCUT2D eigenvalue weighted by Crippen LogP contribution is 2.42. The number of ether oxygens (including phenoxy) is 4. The predicted octanol–water partition coefficient (Wildman–Crippen LogP) is 1.43. The lowest BCUT2D eigenvalue weighted by Gasteiger charge is -2.25. The molecule has 0 amide bonds. The van der Waals surface area contributed by atoms with E-state index >= 15 is 0 Å². The first-order valence-electron chi connectivity index (χ1n) is 5.65. The van der Waals surface area contributed by atoms with Crippen LogP contribution in [0.25, 0.3) is 0 Å². The number of methoxy groups -OCH3 is 3. The van der Waals surface area contributed by atoms with Gasteiger partial charge in [-0.15, -0.1) is 0 Å². The van der Waals surface area contributed by atoms with Crippen LogP contribution in [0, 0.1) is 5.92 Å². The van der Waals surface area contributed by atoms with Gasteiger partial charge in [-0.05, 0) is 18.1 Å². The summed E-state index contributed by atoms with van der Waals surface area (Å²) in [6.07, 6.45) is 0.586. The quantitative estimate of drug-likeness (QED) is 0.762. The highest BCUT2D eigenvalue weighted by atomic mass is 16.5. The van der Waals surface area contributed by atoms with Gasteiger partial charge in [0.05, 0.1) is 27.2 Å². The van der Waals surface area contributed by atoms with Gasteiger partial charge >= 0.3 is 5.97 Å². The number of carbonyl (C=O) groups excluding carboxylic acids is 1. The van der Waals surface area contributed by atoms with Gasteiger partial charge in [-0.1, -0.05) is 6.07 Å². The molecule has 1 atom stereocenters. The molecule has 0 radical (unpaired) electrons. The molecule has 5 nitrogen and oxygen atoms in total. The van der Waals surface area contributed by atoms with Gasteiger partial charge < -0.3 is 18.9 Å². The molecule has 18 heavy (non-hydrogen) atoms. The summed E-state index contributed by atoms with van der Waals surface area (Å²) in [5.41, 5.74) is 0.925. The SMILES string of the molecule is COC(=O)C1COc2c(ccc(OC)c2OC)C1. The minimum Gasteiger partial charge on any atom is -0.493 e. The smallest absolute Gasteiger partial charge is 0.312 e. The highest BCUT2D eigenvalue weighted by Gasteiger charge is 2.29. The molecule has 0 N–H and O–H groups in total. The van der Waals surface area contributed by atoms with Gasteiger partial charge in [0.25, 0.3) is 0 Å². The molecule has 0 saturated heterocycles. The Balaban J connectivity index is 2.32. The van der Waals surface area contributed by atoms with Crippen molar-refractivity contribution in [2.24, 2.45) is 5.92 Å². The fourth-order valence-corrected chi connectivity index (χ4v) is 2.08. The number of hydrogen-bond donors (Lipinski definition) is 0. The van der Waals surface area contributed by atoms with Gasteiger partial charge in [-0.3, -0.25) is 4.79 Å². The largest absolute Gasteiger partial charge is 0.493 e. The average Bonchev–Trinajstić information content (AvgIpc) is 2.44. The Bertz CT molecular complexity index is 455. The zero-order valence-corrected chi connectivity index (χ0v) is 10.7. The summed E-state index contributed by atoms with van der Waals surface area (Å²) in [6, 6.07) is 3.69. The van der Waals surface area contributed by atoms with Gasteiger partial charge in [0.15, 0.2) is 11.5 Å². The van der Waals surface area contributed by atoms with E-state index in [2.05, 4.69) is 0 Å². The summed E-state index contributed by atoms with van der Waals surface area (Å²) in [5.74, 6) is 1.32. The van der Waals surface area contributed by atoms with E-state index in [1.807, 2.05) is 6.07 Å². The van der Waals surface area contributed by atoms with Crippen LogP contribution in [0.3, 0.4) is 0 Å². The third-order valence-electron chi connectivity index (χ3n) is 3.01. The average molecular weight is 252 g/mol. The van der Waals surface area contributed by atoms with Gasteiger partial charge in [0, 0.05) is 0 Å². The van der Waals surface area contributed by atoms with E-state index in [1.54, 1.807) is 20.3 Å². The number of esters is 1. The summed E-state index contributed by atoms with van der Waals surface area (Å²) >= 11 is 0. The van der Waals surface area contributed by atoms with E-state index in [9.17, 15) is 4.79 Å². The van der Waals surface area contributed by atoms with E-state index in [0.29, 0.717) is 30.3 Å². The van der Waals surface area contributed by atoms with E-state index < -0.39 is 0 Å². The van der Waals surface area contributed by atoms with Crippen molar-refractivity contribution in [2.45, 2.75) is 6.42 Å². The molecule has 1 aliphatic rings. The van der Waals surface area contributed by atoms with Gasteiger partial charge in [-0.25, -0.2) is 0 Å². The molecule has 98 valence electrons. The Morgan fingerprint density at radius 2 is 2.06 bits per heavy atom. The topological polar surface area (TPSA) is 54.0 Å². The molecule has 0 aromatic heterocycles. The van der Waals surface area contributed by atoms with Crippen molar-refractivity contribution in [1.82, 2.24) is 0 Å². The van der Waals surface area contributed by atoms with Crippen LogP contribution in [0.15, 0.2) is 12.1 Å². The van der Waals surface area contributed by atoms with Crippen molar-refractivity contribution < 1.29 is 23.7 Å². The van der Waals surface area contributed by atoms with Crippen LogP contribution < -0.4 is 14.2 Å². The summed E-state index contributed by atoms with van der Waals surface area (Å²) in [5, 5.41) is 0. The normalized spacial score (nSPS) is 17.4. The van der Waals surface area contributed by atoms with Crippen molar-refractivity contribution in [3.63, 3.8) is 0 Å². The lowest BCUT2D eigenvalue weighted by molar-refractivity contribution is -0.146. The number of benzene rings is 1. The molecule has 1 aromatic rings. The van der Waals surface area contributed by atoms with E-state index in [0.717, 1.165) is 5.56 Å². The molecule has 1 aliphatic heterocycles. The molecule has 0 spiro atoms. The lowest BCUT2D eigenvalue weighted by Crippen LogP contribution is -2.29. The zero-order valence-electron chi connectivity index (χ0n) is 10.7. The first-order chi connectivity index (χ1) is 8.71. The van der Waals surface area contributed by atoms with Gasteiger partial charge in [0.1, 0.15) is 6.61 Å². The van der Waals surface area contributed by atoms with Crippen LogP contribution in [0.5, 0.6) is 17.2 Å². The fourth-order valence-electron chi connectivity index (χ4n) is 2.08. The Labute approximate surface area is 106 Å². The standard InChI is InChI=1S/C13H16O5/c1-15-10-5-4-8-6-9(13(14)17-3)7-18-11(8)12(10)16-2/h4-5,9H,6-7H2,1-3H3. The van der Waals surface area contributed by atoms with Crippen molar-refractivity contribution in [2.75, 3.05) is 27.9 Å². The number of fused-ring (bicyclic) bond motifs is 1. The third-order valence-corrected chi connectivity index (χ3v) is 3.01. The molecular weight excluding hydrogens is 236 g/mol. The maximum Gasteiger partial charge on any atom is 0.312 e. The van der Waals surface area contributed by atoms with Crippen LogP contribution in [-0.2, 0) is 16.0 Å². The molecule has 2 rings (SSSR count). The Hall–Kier alpha value is -1.91. The monoisotopic (exact) mass is 252 g/mol. The predicted molar refractivity (Wildman–Crippen MR) is 64.3 cm³/mol. The van der Waals surface area contributed by atoms with Crippen molar-refractivity contribution in [3.8, 4) is 17.2 Å². The molecule has 0 saturated carbocycles. The first kappa shape index (κ1) is 12.5. The summed E-state index contributed by atoms with van der Waals surface area (Å²) in [6.45, 7) is 0.295. The maximum atomic E-state index is 11.5. The molecule has 5 heteroatoms. The number of rotatable bonds is 3. The van der Waals surface area contributed by atoms with E-state index in [1.165, 1.54) is 7.11 Å². The first-order valence-corrected chi connectivity index (χ1v) is 5.65. The highest BCUT2D eigenvalue weighted by molar-refractivity contribution is 5.74.